The van der Waals surface area contributed by atoms with Gasteiger partial charge in [0, 0.05) is 52.1 Å². The van der Waals surface area contributed by atoms with Crippen molar-refractivity contribution in [1.29, 1.82) is 0 Å². The lowest BCUT2D eigenvalue weighted by atomic mass is 10.2. The Hall–Kier alpha value is -4.07. The maximum absolute atomic E-state index is 12.3. The van der Waals surface area contributed by atoms with Crippen molar-refractivity contribution in [3.63, 3.8) is 0 Å². The van der Waals surface area contributed by atoms with E-state index in [1.54, 1.807) is 41.5 Å². The van der Waals surface area contributed by atoms with Gasteiger partial charge in [0.05, 0.1) is 0 Å². The van der Waals surface area contributed by atoms with Gasteiger partial charge in [0.2, 0.25) is 11.8 Å². The summed E-state index contributed by atoms with van der Waals surface area (Å²) < 4.78 is 15.6. The third-order valence-electron chi connectivity index (χ3n) is 5.90. The number of nitrogens with one attached hydrogen (secondary N) is 5. The molecule has 0 spiro atoms. The van der Waals surface area contributed by atoms with Crippen molar-refractivity contribution in [3.8, 4) is 0 Å². The molecule has 0 atom stereocenters. The van der Waals surface area contributed by atoms with Crippen molar-refractivity contribution >= 4 is 30.1 Å². The van der Waals surface area contributed by atoms with E-state index in [4.69, 9.17) is 14.2 Å². The minimum absolute atomic E-state index is 0.145. The number of carbonyl (C=O) groups is 5. The smallest absolute Gasteiger partial charge is 0.407 e. The number of ether oxygens (including phenoxy) is 3. The lowest BCUT2D eigenvalue weighted by Crippen LogP contribution is -2.39. The summed E-state index contributed by atoms with van der Waals surface area (Å²) >= 11 is 0. The van der Waals surface area contributed by atoms with Crippen LogP contribution in [0.25, 0.3) is 0 Å². The minimum atomic E-state index is -0.596. The fraction of sp³-hybridized carbons (Fsp3) is 0.656. The molecular weight excluding hydrogens is 596 g/mol. The molecule has 5 N–H and O–H groups in total. The summed E-state index contributed by atoms with van der Waals surface area (Å²) in [6, 6.07) is 9.37. The lowest BCUT2D eigenvalue weighted by Gasteiger charge is -2.22. The van der Waals surface area contributed by atoms with Gasteiger partial charge in [0.25, 0.3) is 0 Å². The molecule has 0 unspecified atom stereocenters. The Morgan fingerprint density at radius 1 is 0.587 bits per heavy atom. The van der Waals surface area contributed by atoms with Crippen molar-refractivity contribution in [2.75, 3.05) is 52.4 Å². The van der Waals surface area contributed by atoms with Gasteiger partial charge < -0.3 is 45.7 Å². The molecule has 46 heavy (non-hydrogen) atoms. The highest BCUT2D eigenvalue weighted by molar-refractivity contribution is 5.76. The number of amides is 5. The van der Waals surface area contributed by atoms with E-state index < -0.39 is 29.5 Å². The normalized spacial score (nSPS) is 11.3. The summed E-state index contributed by atoms with van der Waals surface area (Å²) in [5.74, 6) is -0.291. The van der Waals surface area contributed by atoms with Gasteiger partial charge in [0.15, 0.2) is 0 Å². The molecule has 0 aliphatic rings. The summed E-state index contributed by atoms with van der Waals surface area (Å²) in [5.41, 5.74) is -0.305. The van der Waals surface area contributed by atoms with Crippen LogP contribution >= 0.6 is 0 Å². The molecule has 1 aromatic carbocycles. The molecule has 0 saturated heterocycles. The van der Waals surface area contributed by atoms with Crippen LogP contribution in [-0.4, -0.2) is 98.6 Å². The van der Waals surface area contributed by atoms with E-state index in [0.29, 0.717) is 39.0 Å². The molecule has 0 aromatic heterocycles. The fourth-order valence-electron chi connectivity index (χ4n) is 3.89. The number of carbonyl (C=O) groups excluding carboxylic acids is 5. The maximum Gasteiger partial charge on any atom is 0.407 e. The summed E-state index contributed by atoms with van der Waals surface area (Å²) in [4.78, 5) is 62.2. The Morgan fingerprint density at radius 3 is 1.48 bits per heavy atom. The van der Waals surface area contributed by atoms with Crippen LogP contribution in [0.15, 0.2) is 30.3 Å². The highest BCUT2D eigenvalue weighted by Gasteiger charge is 2.17. The second kappa shape index (κ2) is 21.6. The predicted molar refractivity (Wildman–Crippen MR) is 174 cm³/mol. The molecule has 0 aliphatic carbocycles. The number of hydrogen-bond acceptors (Lipinski definition) is 9. The largest absolute Gasteiger partial charge is 0.445 e. The Bertz CT molecular complexity index is 1020. The minimum Gasteiger partial charge on any atom is -0.445 e. The van der Waals surface area contributed by atoms with Gasteiger partial charge in [-0.15, -0.1) is 0 Å². The summed E-state index contributed by atoms with van der Waals surface area (Å²) in [6.07, 6.45) is 0.0737. The van der Waals surface area contributed by atoms with Crippen LogP contribution in [0.2, 0.25) is 0 Å². The van der Waals surface area contributed by atoms with Gasteiger partial charge in [-0.1, -0.05) is 30.3 Å². The second-order valence-electron chi connectivity index (χ2n) is 12.6. The average Bonchev–Trinajstić information content (AvgIpc) is 2.95. The van der Waals surface area contributed by atoms with Crippen molar-refractivity contribution in [2.45, 2.75) is 85.0 Å². The first-order chi connectivity index (χ1) is 21.6. The highest BCUT2D eigenvalue weighted by atomic mass is 16.6. The molecule has 5 amide bonds. The van der Waals surface area contributed by atoms with Crippen molar-refractivity contribution < 1.29 is 38.2 Å². The quantitative estimate of drug-likeness (QED) is 0.111. The SMILES string of the molecule is CC(C)(C)OC(=O)NCCNC(=O)CCCN(CCCC(=O)NCCNC(=O)OC(C)(C)C)CCNC(=O)OCc1ccccc1. The first-order valence-corrected chi connectivity index (χ1v) is 15.8. The van der Waals surface area contributed by atoms with E-state index in [0.717, 1.165) is 5.56 Å². The summed E-state index contributed by atoms with van der Waals surface area (Å²) in [7, 11) is 0. The Labute approximate surface area is 273 Å². The Morgan fingerprint density at radius 2 is 1.02 bits per heavy atom. The number of rotatable bonds is 19. The number of alkyl carbamates (subject to hydrolysis) is 3. The van der Waals surface area contributed by atoms with Crippen molar-refractivity contribution in [3.05, 3.63) is 35.9 Å². The van der Waals surface area contributed by atoms with Crippen molar-refractivity contribution in [1.82, 2.24) is 31.5 Å². The van der Waals surface area contributed by atoms with Crippen LogP contribution in [0.5, 0.6) is 0 Å². The van der Waals surface area contributed by atoms with Gasteiger partial charge >= 0.3 is 18.3 Å². The molecule has 0 aliphatic heterocycles. The van der Waals surface area contributed by atoms with E-state index in [1.807, 2.05) is 30.3 Å². The summed E-state index contributed by atoms with van der Waals surface area (Å²) in [6.45, 7) is 13.8. The zero-order valence-electron chi connectivity index (χ0n) is 28.3. The van der Waals surface area contributed by atoms with Crippen LogP contribution in [0.4, 0.5) is 14.4 Å². The second-order valence-corrected chi connectivity index (χ2v) is 12.6. The molecule has 14 heteroatoms. The van der Waals surface area contributed by atoms with E-state index in [1.165, 1.54) is 0 Å². The van der Waals surface area contributed by atoms with Crippen LogP contribution in [-0.2, 0) is 30.4 Å². The molecule has 0 fully saturated rings. The molecule has 14 nitrogen and oxygen atoms in total. The van der Waals surface area contributed by atoms with Gasteiger partial charge in [0.1, 0.15) is 17.8 Å². The maximum atomic E-state index is 12.3. The van der Waals surface area contributed by atoms with E-state index >= 15 is 0 Å². The average molecular weight is 651 g/mol. The van der Waals surface area contributed by atoms with E-state index in [-0.39, 0.29) is 57.4 Å². The summed E-state index contributed by atoms with van der Waals surface area (Å²) in [5, 5.41) is 13.5. The lowest BCUT2D eigenvalue weighted by molar-refractivity contribution is -0.121. The monoisotopic (exact) mass is 650 g/mol. The van der Waals surface area contributed by atoms with Gasteiger partial charge in [-0.05, 0) is 73.0 Å². The highest BCUT2D eigenvalue weighted by Crippen LogP contribution is 2.07. The van der Waals surface area contributed by atoms with Crippen LogP contribution in [0, 0.1) is 0 Å². The third kappa shape index (κ3) is 23.3. The molecule has 260 valence electrons. The Kier molecular flexibility index (Phi) is 18.8. The molecule has 0 saturated carbocycles. The predicted octanol–water partition coefficient (Wildman–Crippen LogP) is 3.06. The number of hydrogen-bond donors (Lipinski definition) is 5. The number of benzene rings is 1. The van der Waals surface area contributed by atoms with Gasteiger partial charge in [-0.3, -0.25) is 9.59 Å². The number of nitrogens with zero attached hydrogens (tertiary/aromatic N) is 1. The zero-order valence-corrected chi connectivity index (χ0v) is 28.3. The molecular formula is C32H54N6O8. The first-order valence-electron chi connectivity index (χ1n) is 15.8. The molecule has 0 bridgehead atoms. The Balaban J connectivity index is 2.41. The van der Waals surface area contributed by atoms with E-state index in [9.17, 15) is 24.0 Å². The molecule has 0 radical (unpaired) electrons. The van der Waals surface area contributed by atoms with Crippen molar-refractivity contribution in [2.24, 2.45) is 0 Å². The molecule has 0 heterocycles. The van der Waals surface area contributed by atoms with E-state index in [2.05, 4.69) is 31.5 Å². The van der Waals surface area contributed by atoms with Crippen LogP contribution in [0.1, 0.15) is 72.8 Å². The standard InChI is InChI=1S/C32H54N6O8/c1-31(2,3)45-29(42)35-18-16-33-26(39)14-10-21-38(23-20-37-28(41)44-24-25-12-8-7-9-13-25)22-11-15-27(40)34-17-19-36-30(43)46-32(4,5)6/h7-9,12-13H,10-11,14-24H2,1-6H3,(H,33,39)(H,34,40)(H,35,42)(H,36,43)(H,37,41). The topological polar surface area (TPSA) is 176 Å². The van der Waals surface area contributed by atoms with Crippen LogP contribution in [0.3, 0.4) is 0 Å². The third-order valence-corrected chi connectivity index (χ3v) is 5.90. The van der Waals surface area contributed by atoms with Gasteiger partial charge in [-0.25, -0.2) is 14.4 Å². The molecule has 1 aromatic rings. The first kappa shape index (κ1) is 40.0. The van der Waals surface area contributed by atoms with Crippen LogP contribution < -0.4 is 26.6 Å². The zero-order chi connectivity index (χ0) is 34.4. The van der Waals surface area contributed by atoms with Gasteiger partial charge in [-0.2, -0.15) is 0 Å². The molecule has 1 rings (SSSR count). The fourth-order valence-corrected chi connectivity index (χ4v) is 3.89.